The van der Waals surface area contributed by atoms with E-state index < -0.39 is 4.92 Å². The van der Waals surface area contributed by atoms with Gasteiger partial charge < -0.3 is 4.90 Å². The Hall–Kier alpha value is -3.49. The fraction of sp³-hybridized carbons (Fsp3) is 0.222. The zero-order valence-electron chi connectivity index (χ0n) is 14.2. The first kappa shape index (κ1) is 19.8. The first-order valence-electron chi connectivity index (χ1n) is 7.99. The molecule has 0 radical (unpaired) electrons. The summed E-state index contributed by atoms with van der Waals surface area (Å²) >= 11 is 5.99. The van der Waals surface area contributed by atoms with Gasteiger partial charge in [0.05, 0.1) is 40.6 Å². The van der Waals surface area contributed by atoms with Crippen molar-refractivity contribution >= 4 is 34.4 Å². The predicted octanol–water partition coefficient (Wildman–Crippen LogP) is 5.30. The van der Waals surface area contributed by atoms with Gasteiger partial charge in [0.1, 0.15) is 5.69 Å². The lowest BCUT2D eigenvalue weighted by Gasteiger charge is -2.22. The minimum absolute atomic E-state index is 0.113. The van der Waals surface area contributed by atoms with Crippen molar-refractivity contribution < 1.29 is 4.92 Å². The molecule has 0 amide bonds. The smallest absolute Gasteiger partial charge is 0.271 e. The number of nitro groups is 1. The lowest BCUT2D eigenvalue weighted by Crippen LogP contribution is -2.25. The Balaban J connectivity index is 2.12. The molecule has 136 valence electrons. The van der Waals surface area contributed by atoms with Crippen LogP contribution in [0.3, 0.4) is 0 Å². The monoisotopic (exact) mass is 382 g/mol. The summed E-state index contributed by atoms with van der Waals surface area (Å²) in [5.41, 5.74) is 1.68. The van der Waals surface area contributed by atoms with Crippen molar-refractivity contribution in [3.05, 3.63) is 57.6 Å². The Bertz CT molecular complexity index is 897. The number of anilines is 1. The number of nitro benzene ring substituents is 1. The van der Waals surface area contributed by atoms with Gasteiger partial charge in [0.15, 0.2) is 0 Å². The van der Waals surface area contributed by atoms with E-state index in [4.69, 9.17) is 22.1 Å². The molecule has 2 rings (SSSR count). The van der Waals surface area contributed by atoms with E-state index in [2.05, 4.69) is 22.4 Å². The summed E-state index contributed by atoms with van der Waals surface area (Å²) in [4.78, 5) is 12.1. The second kappa shape index (κ2) is 9.85. The van der Waals surface area contributed by atoms with Gasteiger partial charge in [-0.2, -0.15) is 15.6 Å². The van der Waals surface area contributed by atoms with Gasteiger partial charge in [0, 0.05) is 30.9 Å². The van der Waals surface area contributed by atoms with Crippen LogP contribution in [0.4, 0.5) is 22.7 Å². The maximum Gasteiger partial charge on any atom is 0.271 e. The molecule has 0 saturated heterocycles. The molecule has 2 aromatic rings. The third-order valence-corrected chi connectivity index (χ3v) is 3.92. The van der Waals surface area contributed by atoms with Crippen molar-refractivity contribution in [1.82, 2.24) is 0 Å². The number of azo groups is 1. The fourth-order valence-electron chi connectivity index (χ4n) is 2.27. The van der Waals surface area contributed by atoms with Gasteiger partial charge in [-0.1, -0.05) is 11.6 Å². The molecule has 2 aromatic carbocycles. The van der Waals surface area contributed by atoms with E-state index in [9.17, 15) is 10.1 Å². The van der Waals surface area contributed by atoms with Crippen molar-refractivity contribution in [2.24, 2.45) is 10.2 Å². The van der Waals surface area contributed by atoms with E-state index in [0.717, 1.165) is 5.69 Å². The Kier molecular flexibility index (Phi) is 7.24. The Morgan fingerprint density at radius 2 is 1.67 bits per heavy atom. The molecule has 0 aromatic heterocycles. The molecule has 0 fully saturated rings. The average Bonchev–Trinajstić information content (AvgIpc) is 2.67. The molecule has 0 spiro atoms. The standard InChI is InChI=1S/C18H15ClN6O2/c19-17-13-16(25(26)27)7-8-18(17)23-22-14-3-5-15(6-4-14)24(11-1-9-20)12-2-10-21/h3-8,13H,1-2,11-12H2/b23-22+. The van der Waals surface area contributed by atoms with E-state index >= 15 is 0 Å². The highest BCUT2D eigenvalue weighted by Gasteiger charge is 2.09. The van der Waals surface area contributed by atoms with Gasteiger partial charge in [0.2, 0.25) is 0 Å². The van der Waals surface area contributed by atoms with Crippen LogP contribution in [0.15, 0.2) is 52.7 Å². The number of hydrogen-bond acceptors (Lipinski definition) is 7. The lowest BCUT2D eigenvalue weighted by atomic mass is 10.2. The summed E-state index contributed by atoms with van der Waals surface area (Å²) in [5.74, 6) is 0. The zero-order valence-corrected chi connectivity index (χ0v) is 15.0. The summed E-state index contributed by atoms with van der Waals surface area (Å²) in [5, 5.41) is 36.5. The molecular formula is C18H15ClN6O2. The van der Waals surface area contributed by atoms with Crippen LogP contribution in [0.25, 0.3) is 0 Å². The number of halogens is 1. The number of nitrogens with zero attached hydrogens (tertiary/aromatic N) is 6. The maximum absolute atomic E-state index is 10.7. The molecular weight excluding hydrogens is 368 g/mol. The molecule has 8 nitrogen and oxygen atoms in total. The average molecular weight is 383 g/mol. The molecule has 27 heavy (non-hydrogen) atoms. The molecule has 0 bridgehead atoms. The Morgan fingerprint density at radius 1 is 1.04 bits per heavy atom. The first-order valence-corrected chi connectivity index (χ1v) is 8.37. The highest BCUT2D eigenvalue weighted by atomic mass is 35.5. The minimum atomic E-state index is -0.532. The van der Waals surface area contributed by atoms with Gasteiger partial charge in [0.25, 0.3) is 5.69 Å². The van der Waals surface area contributed by atoms with Crippen LogP contribution in [0.1, 0.15) is 12.8 Å². The van der Waals surface area contributed by atoms with Crippen LogP contribution in [-0.2, 0) is 0 Å². The predicted molar refractivity (Wildman–Crippen MR) is 101 cm³/mol. The quantitative estimate of drug-likeness (QED) is 0.348. The van der Waals surface area contributed by atoms with E-state index in [1.165, 1.54) is 18.2 Å². The molecule has 0 aliphatic heterocycles. The van der Waals surface area contributed by atoms with Crippen molar-refractivity contribution in [2.45, 2.75) is 12.8 Å². The van der Waals surface area contributed by atoms with Crippen LogP contribution in [-0.4, -0.2) is 18.0 Å². The number of non-ortho nitro benzene ring substituents is 1. The van der Waals surface area contributed by atoms with Crippen LogP contribution >= 0.6 is 11.6 Å². The normalized spacial score (nSPS) is 10.3. The summed E-state index contributed by atoms with van der Waals surface area (Å²) < 4.78 is 0. The van der Waals surface area contributed by atoms with Crippen molar-refractivity contribution in [2.75, 3.05) is 18.0 Å². The van der Waals surface area contributed by atoms with E-state index in [-0.39, 0.29) is 10.7 Å². The SMILES string of the molecule is N#CCCN(CCC#N)c1ccc(/N=N/c2ccc([N+](=O)[O-])cc2Cl)cc1. The van der Waals surface area contributed by atoms with E-state index in [1.807, 2.05) is 17.0 Å². The number of hydrogen-bond donors (Lipinski definition) is 0. The second-order valence-electron chi connectivity index (χ2n) is 5.41. The second-order valence-corrected chi connectivity index (χ2v) is 5.82. The zero-order chi connectivity index (χ0) is 19.6. The summed E-state index contributed by atoms with van der Waals surface area (Å²) in [6, 6.07) is 15.3. The fourth-order valence-corrected chi connectivity index (χ4v) is 2.48. The summed E-state index contributed by atoms with van der Waals surface area (Å²) in [6.45, 7) is 1.08. The van der Waals surface area contributed by atoms with Crippen molar-refractivity contribution in [3.63, 3.8) is 0 Å². The number of rotatable bonds is 8. The molecule has 0 atom stereocenters. The third-order valence-electron chi connectivity index (χ3n) is 3.62. The largest absolute Gasteiger partial charge is 0.369 e. The Labute approximate surface area is 161 Å². The van der Waals surface area contributed by atoms with Gasteiger partial charge in [-0.05, 0) is 30.3 Å². The third kappa shape index (κ3) is 5.77. The van der Waals surface area contributed by atoms with Crippen molar-refractivity contribution in [3.8, 4) is 12.1 Å². The highest BCUT2D eigenvalue weighted by Crippen LogP contribution is 2.30. The molecule has 0 N–H and O–H groups in total. The summed E-state index contributed by atoms with van der Waals surface area (Å²) in [7, 11) is 0. The van der Waals surface area contributed by atoms with Crippen LogP contribution < -0.4 is 4.90 Å². The van der Waals surface area contributed by atoms with Crippen LogP contribution in [0, 0.1) is 32.8 Å². The maximum atomic E-state index is 10.7. The van der Waals surface area contributed by atoms with Crippen molar-refractivity contribution in [1.29, 1.82) is 10.5 Å². The molecule has 0 aliphatic rings. The van der Waals surface area contributed by atoms with E-state index in [0.29, 0.717) is 37.3 Å². The topological polar surface area (TPSA) is 119 Å². The van der Waals surface area contributed by atoms with Crippen LogP contribution in [0.2, 0.25) is 5.02 Å². The molecule has 0 heterocycles. The van der Waals surface area contributed by atoms with Gasteiger partial charge in [-0.15, -0.1) is 5.11 Å². The molecule has 0 saturated carbocycles. The highest BCUT2D eigenvalue weighted by molar-refractivity contribution is 6.33. The van der Waals surface area contributed by atoms with Gasteiger partial charge in [-0.3, -0.25) is 10.1 Å². The van der Waals surface area contributed by atoms with Gasteiger partial charge >= 0.3 is 0 Å². The molecule has 0 unspecified atom stereocenters. The molecule has 9 heteroatoms. The van der Waals surface area contributed by atoms with Gasteiger partial charge in [-0.25, -0.2) is 0 Å². The summed E-state index contributed by atoms with van der Waals surface area (Å²) in [6.07, 6.45) is 0.733. The molecule has 0 aliphatic carbocycles. The minimum Gasteiger partial charge on any atom is -0.369 e. The number of benzene rings is 2. The van der Waals surface area contributed by atoms with E-state index in [1.54, 1.807) is 12.1 Å². The number of nitriles is 2. The first-order chi connectivity index (χ1) is 13.0. The Morgan fingerprint density at radius 3 is 2.19 bits per heavy atom. The van der Waals surface area contributed by atoms with Crippen LogP contribution in [0.5, 0.6) is 0 Å². The lowest BCUT2D eigenvalue weighted by molar-refractivity contribution is -0.384.